The molecule has 0 aromatic heterocycles. The first-order valence-electron chi connectivity index (χ1n) is 8.48. The maximum Gasteiger partial charge on any atom is 0.255 e. The summed E-state index contributed by atoms with van der Waals surface area (Å²) in [5.41, 5.74) is 4.69. The Bertz CT molecular complexity index is 751. The van der Waals surface area contributed by atoms with Gasteiger partial charge in [0.05, 0.1) is 16.4 Å². The van der Waals surface area contributed by atoms with Crippen molar-refractivity contribution in [2.24, 2.45) is 0 Å². The smallest absolute Gasteiger partial charge is 0.255 e. The zero-order chi connectivity index (χ0) is 17.1. The molecular weight excluding hydrogens is 320 g/mol. The van der Waals surface area contributed by atoms with Gasteiger partial charge < -0.3 is 10.2 Å². The average molecular weight is 343 g/mol. The van der Waals surface area contributed by atoms with E-state index in [-0.39, 0.29) is 5.91 Å². The second kappa shape index (κ2) is 7.27. The summed E-state index contributed by atoms with van der Waals surface area (Å²) in [5, 5.41) is 3.74. The van der Waals surface area contributed by atoms with E-state index in [1.54, 1.807) is 0 Å². The Labute approximate surface area is 148 Å². The maximum absolute atomic E-state index is 12.7. The third kappa shape index (κ3) is 3.57. The Balaban J connectivity index is 1.87. The number of benzene rings is 2. The minimum absolute atomic E-state index is 0.0985. The van der Waals surface area contributed by atoms with Gasteiger partial charge in [0.2, 0.25) is 0 Å². The Morgan fingerprint density at radius 2 is 1.79 bits per heavy atom. The van der Waals surface area contributed by atoms with Crippen LogP contribution in [0.2, 0.25) is 5.02 Å². The first-order valence-corrected chi connectivity index (χ1v) is 8.86. The van der Waals surface area contributed by atoms with Crippen molar-refractivity contribution in [2.75, 3.05) is 23.3 Å². The number of piperidine rings is 1. The van der Waals surface area contributed by atoms with Crippen molar-refractivity contribution in [1.82, 2.24) is 0 Å². The first kappa shape index (κ1) is 16.8. The first-order chi connectivity index (χ1) is 11.6. The van der Waals surface area contributed by atoms with Crippen LogP contribution in [0.4, 0.5) is 11.4 Å². The van der Waals surface area contributed by atoms with E-state index < -0.39 is 0 Å². The van der Waals surface area contributed by atoms with E-state index in [0.717, 1.165) is 42.9 Å². The van der Waals surface area contributed by atoms with Gasteiger partial charge >= 0.3 is 0 Å². The highest BCUT2D eigenvalue weighted by Crippen LogP contribution is 2.35. The zero-order valence-corrected chi connectivity index (χ0v) is 15.0. The fraction of sp³-hybridized carbons (Fsp3) is 0.350. The van der Waals surface area contributed by atoms with Crippen molar-refractivity contribution in [3.05, 3.63) is 58.1 Å². The average Bonchev–Trinajstić information content (AvgIpc) is 2.58. The second-order valence-corrected chi connectivity index (χ2v) is 6.84. The molecule has 1 heterocycles. The standard InChI is InChI=1S/C20H23ClN2O/c1-14-9-10-16(13-15(14)2)20(24)22-18-8-6-7-17(21)19(18)23-11-4-3-5-12-23/h6-10,13H,3-5,11-12H2,1-2H3,(H,22,24). The summed E-state index contributed by atoms with van der Waals surface area (Å²) in [6, 6.07) is 11.5. The van der Waals surface area contributed by atoms with Gasteiger partial charge in [-0.3, -0.25) is 4.79 Å². The van der Waals surface area contributed by atoms with E-state index >= 15 is 0 Å². The summed E-state index contributed by atoms with van der Waals surface area (Å²) < 4.78 is 0. The molecule has 1 saturated heterocycles. The van der Waals surface area contributed by atoms with Gasteiger partial charge in [-0.05, 0) is 68.5 Å². The molecule has 24 heavy (non-hydrogen) atoms. The number of amides is 1. The maximum atomic E-state index is 12.7. The van der Waals surface area contributed by atoms with Crippen LogP contribution in [-0.4, -0.2) is 19.0 Å². The zero-order valence-electron chi connectivity index (χ0n) is 14.2. The summed E-state index contributed by atoms with van der Waals surface area (Å²) in [6.07, 6.45) is 3.58. The normalized spacial score (nSPS) is 14.5. The largest absolute Gasteiger partial charge is 0.369 e. The number of anilines is 2. The molecule has 1 amide bonds. The van der Waals surface area contributed by atoms with E-state index in [1.807, 2.05) is 50.2 Å². The van der Waals surface area contributed by atoms with Gasteiger partial charge in [0, 0.05) is 18.7 Å². The number of rotatable bonds is 3. The molecule has 126 valence electrons. The van der Waals surface area contributed by atoms with Crippen LogP contribution in [-0.2, 0) is 0 Å². The predicted octanol–water partition coefficient (Wildman–Crippen LogP) is 5.20. The van der Waals surface area contributed by atoms with E-state index in [2.05, 4.69) is 10.2 Å². The van der Waals surface area contributed by atoms with Crippen LogP contribution in [0.5, 0.6) is 0 Å². The molecule has 1 fully saturated rings. The molecule has 0 saturated carbocycles. The summed E-state index contributed by atoms with van der Waals surface area (Å²) in [4.78, 5) is 14.9. The number of halogens is 1. The van der Waals surface area contributed by atoms with Crippen molar-refractivity contribution >= 4 is 28.9 Å². The molecule has 0 unspecified atom stereocenters. The number of aryl methyl sites for hydroxylation is 2. The highest BCUT2D eigenvalue weighted by atomic mass is 35.5. The lowest BCUT2D eigenvalue weighted by Crippen LogP contribution is -2.30. The quantitative estimate of drug-likeness (QED) is 0.831. The number of hydrogen-bond acceptors (Lipinski definition) is 2. The van der Waals surface area contributed by atoms with Gasteiger partial charge in [-0.2, -0.15) is 0 Å². The molecule has 2 aromatic carbocycles. The van der Waals surface area contributed by atoms with Crippen molar-refractivity contribution in [1.29, 1.82) is 0 Å². The fourth-order valence-electron chi connectivity index (χ4n) is 3.13. The molecule has 1 aliphatic rings. The molecule has 4 heteroatoms. The third-order valence-corrected chi connectivity index (χ3v) is 4.98. The van der Waals surface area contributed by atoms with Gasteiger partial charge in [0.1, 0.15) is 0 Å². The summed E-state index contributed by atoms with van der Waals surface area (Å²) in [7, 11) is 0. The molecule has 2 aromatic rings. The van der Waals surface area contributed by atoms with E-state index in [9.17, 15) is 4.79 Å². The highest BCUT2D eigenvalue weighted by Gasteiger charge is 2.19. The van der Waals surface area contributed by atoms with E-state index in [4.69, 9.17) is 11.6 Å². The fourth-order valence-corrected chi connectivity index (χ4v) is 3.43. The van der Waals surface area contributed by atoms with Gasteiger partial charge in [0.15, 0.2) is 0 Å². The molecular formula is C20H23ClN2O. The van der Waals surface area contributed by atoms with Crippen LogP contribution in [0, 0.1) is 13.8 Å². The van der Waals surface area contributed by atoms with Crippen LogP contribution >= 0.6 is 11.6 Å². The van der Waals surface area contributed by atoms with Crippen molar-refractivity contribution in [3.8, 4) is 0 Å². The molecule has 1 N–H and O–H groups in total. The Morgan fingerprint density at radius 1 is 1.04 bits per heavy atom. The van der Waals surface area contributed by atoms with Crippen LogP contribution in [0.25, 0.3) is 0 Å². The summed E-state index contributed by atoms with van der Waals surface area (Å²) in [6.45, 7) is 6.03. The Kier molecular flexibility index (Phi) is 5.10. The van der Waals surface area contributed by atoms with Crippen LogP contribution in [0.15, 0.2) is 36.4 Å². The number of para-hydroxylation sites is 1. The number of carbonyl (C=O) groups excluding carboxylic acids is 1. The number of hydrogen-bond donors (Lipinski definition) is 1. The highest BCUT2D eigenvalue weighted by molar-refractivity contribution is 6.34. The predicted molar refractivity (Wildman–Crippen MR) is 101 cm³/mol. The van der Waals surface area contributed by atoms with Crippen molar-refractivity contribution < 1.29 is 4.79 Å². The summed E-state index contributed by atoms with van der Waals surface area (Å²) in [5.74, 6) is -0.0985. The molecule has 0 spiro atoms. The van der Waals surface area contributed by atoms with Crippen molar-refractivity contribution in [2.45, 2.75) is 33.1 Å². The SMILES string of the molecule is Cc1ccc(C(=O)Nc2cccc(Cl)c2N2CCCCC2)cc1C. The van der Waals surface area contributed by atoms with Gasteiger partial charge in [-0.15, -0.1) is 0 Å². The lowest BCUT2D eigenvalue weighted by Gasteiger charge is -2.31. The van der Waals surface area contributed by atoms with Crippen LogP contribution in [0.1, 0.15) is 40.7 Å². The van der Waals surface area contributed by atoms with Crippen molar-refractivity contribution in [3.63, 3.8) is 0 Å². The second-order valence-electron chi connectivity index (χ2n) is 6.44. The lowest BCUT2D eigenvalue weighted by atomic mass is 10.1. The molecule has 0 bridgehead atoms. The van der Waals surface area contributed by atoms with Gasteiger partial charge in [0.25, 0.3) is 5.91 Å². The van der Waals surface area contributed by atoms with Crippen LogP contribution in [0.3, 0.4) is 0 Å². The Hall–Kier alpha value is -2.00. The molecule has 1 aliphatic heterocycles. The van der Waals surface area contributed by atoms with E-state index in [0.29, 0.717) is 10.6 Å². The molecule has 0 radical (unpaired) electrons. The molecule has 0 aliphatic carbocycles. The lowest BCUT2D eigenvalue weighted by molar-refractivity contribution is 0.102. The van der Waals surface area contributed by atoms with E-state index in [1.165, 1.54) is 12.0 Å². The minimum atomic E-state index is -0.0985. The Morgan fingerprint density at radius 3 is 2.50 bits per heavy atom. The third-order valence-electron chi connectivity index (χ3n) is 4.68. The molecule has 0 atom stereocenters. The number of nitrogens with one attached hydrogen (secondary N) is 1. The topological polar surface area (TPSA) is 32.3 Å². The minimum Gasteiger partial charge on any atom is -0.369 e. The van der Waals surface area contributed by atoms with Crippen LogP contribution < -0.4 is 10.2 Å². The van der Waals surface area contributed by atoms with Gasteiger partial charge in [-0.1, -0.05) is 23.7 Å². The molecule has 3 rings (SSSR count). The monoisotopic (exact) mass is 342 g/mol. The molecule has 3 nitrogen and oxygen atoms in total. The summed E-state index contributed by atoms with van der Waals surface area (Å²) >= 11 is 6.45. The van der Waals surface area contributed by atoms with Gasteiger partial charge in [-0.25, -0.2) is 0 Å². The number of nitrogens with zero attached hydrogens (tertiary/aromatic N) is 1. The number of carbonyl (C=O) groups is 1.